The number of nitrogens with two attached hydrogens (primary N) is 1. The first-order valence-corrected chi connectivity index (χ1v) is 7.84. The maximum Gasteiger partial charge on any atom is 0.267 e. The van der Waals surface area contributed by atoms with Gasteiger partial charge >= 0.3 is 0 Å². The topological polar surface area (TPSA) is 101 Å². The lowest BCUT2D eigenvalue weighted by atomic mass is 9.90. The van der Waals surface area contributed by atoms with E-state index in [1.165, 1.54) is 0 Å². The number of hydrogen-bond acceptors (Lipinski definition) is 4. The Bertz CT molecular complexity index is 782. The van der Waals surface area contributed by atoms with E-state index < -0.39 is 5.91 Å². The van der Waals surface area contributed by atoms with Crippen LogP contribution in [0.25, 0.3) is 0 Å². The van der Waals surface area contributed by atoms with Crippen LogP contribution in [0.3, 0.4) is 0 Å². The number of aromatic amines is 1. The number of fused-ring (bicyclic) bond motifs is 1. The smallest absolute Gasteiger partial charge is 0.267 e. The first kappa shape index (κ1) is 15.3. The molecule has 1 heterocycles. The van der Waals surface area contributed by atoms with Crippen LogP contribution < -0.4 is 16.6 Å². The van der Waals surface area contributed by atoms with Crippen molar-refractivity contribution in [2.75, 3.05) is 11.9 Å². The van der Waals surface area contributed by atoms with Crippen LogP contribution in [0, 0.1) is 0 Å². The predicted molar refractivity (Wildman–Crippen MR) is 88.4 cm³/mol. The Labute approximate surface area is 134 Å². The molecule has 1 aromatic heterocycles. The molecule has 3 rings (SSSR count). The third-order valence-corrected chi connectivity index (χ3v) is 4.15. The number of hydrogen-bond donors (Lipinski definition) is 3. The highest BCUT2D eigenvalue weighted by Crippen LogP contribution is 2.22. The number of benzene rings is 1. The molecule has 4 N–H and O–H groups in total. The minimum absolute atomic E-state index is 0.0553. The summed E-state index contributed by atoms with van der Waals surface area (Å²) in [6, 6.07) is 7.81. The van der Waals surface area contributed by atoms with E-state index in [1.54, 1.807) is 0 Å². The van der Waals surface area contributed by atoms with Crippen molar-refractivity contribution in [2.45, 2.75) is 32.1 Å². The lowest BCUT2D eigenvalue weighted by molar-refractivity contribution is -0.116. The zero-order valence-corrected chi connectivity index (χ0v) is 12.9. The SMILES string of the molecule is NC(=O)CNc1cccc(Cc2n[nH]c(=O)c3c2CCCC3)c1. The van der Waals surface area contributed by atoms with E-state index in [0.717, 1.165) is 53.8 Å². The number of anilines is 1. The second kappa shape index (κ2) is 6.64. The van der Waals surface area contributed by atoms with E-state index in [2.05, 4.69) is 15.5 Å². The molecule has 0 unspecified atom stereocenters. The minimum atomic E-state index is -0.397. The summed E-state index contributed by atoms with van der Waals surface area (Å²) in [5.74, 6) is -0.397. The van der Waals surface area contributed by atoms with Crippen LogP contribution in [-0.2, 0) is 24.1 Å². The summed E-state index contributed by atoms with van der Waals surface area (Å²) in [5.41, 5.74) is 9.95. The highest BCUT2D eigenvalue weighted by atomic mass is 16.1. The molecule has 0 spiro atoms. The second-order valence-corrected chi connectivity index (χ2v) is 5.86. The molecule has 1 aliphatic rings. The van der Waals surface area contributed by atoms with Gasteiger partial charge < -0.3 is 11.1 Å². The summed E-state index contributed by atoms with van der Waals surface area (Å²) in [7, 11) is 0. The Morgan fingerprint density at radius 1 is 1.26 bits per heavy atom. The lowest BCUT2D eigenvalue weighted by Crippen LogP contribution is -2.23. The average molecular weight is 312 g/mol. The number of H-pyrrole nitrogens is 1. The number of aromatic nitrogens is 2. The van der Waals surface area contributed by atoms with Crippen molar-refractivity contribution in [3.8, 4) is 0 Å². The van der Waals surface area contributed by atoms with Crippen molar-refractivity contribution in [1.29, 1.82) is 0 Å². The zero-order valence-electron chi connectivity index (χ0n) is 12.9. The van der Waals surface area contributed by atoms with E-state index in [1.807, 2.05) is 24.3 Å². The van der Waals surface area contributed by atoms with Crippen LogP contribution in [0.15, 0.2) is 29.1 Å². The molecule has 0 saturated carbocycles. The van der Waals surface area contributed by atoms with Gasteiger partial charge in [0.25, 0.3) is 5.56 Å². The number of amides is 1. The third kappa shape index (κ3) is 3.59. The molecule has 6 nitrogen and oxygen atoms in total. The van der Waals surface area contributed by atoms with E-state index in [-0.39, 0.29) is 12.1 Å². The molecule has 0 atom stereocenters. The number of rotatable bonds is 5. The standard InChI is InChI=1S/C17H20N4O2/c18-16(22)10-19-12-5-3-4-11(8-12)9-15-13-6-1-2-7-14(13)17(23)21-20-15/h3-5,8,19H,1-2,6-7,9-10H2,(H2,18,22)(H,21,23). The van der Waals surface area contributed by atoms with Crippen molar-refractivity contribution in [1.82, 2.24) is 10.2 Å². The Morgan fingerprint density at radius 3 is 2.83 bits per heavy atom. The van der Waals surface area contributed by atoms with Gasteiger partial charge in [0.2, 0.25) is 5.91 Å². The highest BCUT2D eigenvalue weighted by Gasteiger charge is 2.17. The van der Waals surface area contributed by atoms with Crippen molar-refractivity contribution >= 4 is 11.6 Å². The Kier molecular flexibility index (Phi) is 4.41. The van der Waals surface area contributed by atoms with Gasteiger partial charge in [0.05, 0.1) is 12.2 Å². The first-order valence-electron chi connectivity index (χ1n) is 7.84. The van der Waals surface area contributed by atoms with Crippen molar-refractivity contribution in [3.63, 3.8) is 0 Å². The summed E-state index contributed by atoms with van der Waals surface area (Å²) in [6.07, 6.45) is 4.57. The molecule has 0 aliphatic heterocycles. The molecule has 2 aromatic rings. The molecular weight excluding hydrogens is 292 g/mol. The monoisotopic (exact) mass is 312 g/mol. The van der Waals surface area contributed by atoms with E-state index >= 15 is 0 Å². The van der Waals surface area contributed by atoms with Gasteiger partial charge in [0.15, 0.2) is 0 Å². The fourth-order valence-electron chi connectivity index (χ4n) is 3.05. The largest absolute Gasteiger partial charge is 0.376 e. The van der Waals surface area contributed by atoms with Crippen LogP contribution in [0.2, 0.25) is 0 Å². The molecule has 23 heavy (non-hydrogen) atoms. The van der Waals surface area contributed by atoms with Gasteiger partial charge in [-0.3, -0.25) is 9.59 Å². The summed E-state index contributed by atoms with van der Waals surface area (Å²) in [6.45, 7) is 0.107. The van der Waals surface area contributed by atoms with Gasteiger partial charge in [-0.05, 0) is 48.9 Å². The third-order valence-electron chi connectivity index (χ3n) is 4.15. The Balaban J connectivity index is 1.84. The van der Waals surface area contributed by atoms with E-state index in [0.29, 0.717) is 6.42 Å². The van der Waals surface area contributed by atoms with Gasteiger partial charge in [-0.2, -0.15) is 5.10 Å². The molecule has 0 saturated heterocycles. The number of primary amides is 1. The summed E-state index contributed by atoms with van der Waals surface area (Å²) < 4.78 is 0. The van der Waals surface area contributed by atoms with Crippen LogP contribution in [-0.4, -0.2) is 22.6 Å². The average Bonchev–Trinajstić information content (AvgIpc) is 2.56. The van der Waals surface area contributed by atoms with Crippen molar-refractivity contribution < 1.29 is 4.79 Å². The number of nitrogens with zero attached hydrogens (tertiary/aromatic N) is 1. The van der Waals surface area contributed by atoms with Gasteiger partial charge in [-0.15, -0.1) is 0 Å². The first-order chi connectivity index (χ1) is 11.1. The minimum Gasteiger partial charge on any atom is -0.376 e. The Hall–Kier alpha value is -2.63. The predicted octanol–water partition coefficient (Wildman–Crippen LogP) is 1.14. The van der Waals surface area contributed by atoms with Crippen molar-refractivity contribution in [3.05, 3.63) is 57.0 Å². The zero-order chi connectivity index (χ0) is 16.2. The van der Waals surface area contributed by atoms with Crippen LogP contribution >= 0.6 is 0 Å². The van der Waals surface area contributed by atoms with Gasteiger partial charge in [0, 0.05) is 17.7 Å². The lowest BCUT2D eigenvalue weighted by Gasteiger charge is -2.17. The van der Waals surface area contributed by atoms with Crippen LogP contribution in [0.4, 0.5) is 5.69 Å². The molecule has 1 amide bonds. The highest BCUT2D eigenvalue weighted by molar-refractivity contribution is 5.78. The van der Waals surface area contributed by atoms with E-state index in [9.17, 15) is 9.59 Å². The van der Waals surface area contributed by atoms with E-state index in [4.69, 9.17) is 5.73 Å². The number of carbonyl (C=O) groups excluding carboxylic acids is 1. The molecule has 6 heteroatoms. The fourth-order valence-corrected chi connectivity index (χ4v) is 3.05. The van der Waals surface area contributed by atoms with Gasteiger partial charge in [-0.1, -0.05) is 12.1 Å². The molecule has 1 aromatic carbocycles. The molecular formula is C17H20N4O2. The molecule has 1 aliphatic carbocycles. The molecule has 0 bridgehead atoms. The number of nitrogens with one attached hydrogen (secondary N) is 2. The molecule has 120 valence electrons. The van der Waals surface area contributed by atoms with Gasteiger partial charge in [-0.25, -0.2) is 5.10 Å². The maximum atomic E-state index is 11.9. The van der Waals surface area contributed by atoms with Crippen LogP contribution in [0.5, 0.6) is 0 Å². The van der Waals surface area contributed by atoms with Gasteiger partial charge in [0.1, 0.15) is 0 Å². The Morgan fingerprint density at radius 2 is 2.04 bits per heavy atom. The second-order valence-electron chi connectivity index (χ2n) is 5.86. The van der Waals surface area contributed by atoms with Crippen LogP contribution in [0.1, 0.15) is 35.2 Å². The fraction of sp³-hybridized carbons (Fsp3) is 0.353. The summed E-state index contributed by atoms with van der Waals surface area (Å²) in [5, 5.41) is 9.87. The molecule has 0 radical (unpaired) electrons. The quantitative estimate of drug-likeness (QED) is 0.770. The number of carbonyl (C=O) groups is 1. The van der Waals surface area contributed by atoms with Crippen molar-refractivity contribution in [2.24, 2.45) is 5.73 Å². The maximum absolute atomic E-state index is 11.9. The summed E-state index contributed by atoms with van der Waals surface area (Å²) >= 11 is 0. The summed E-state index contributed by atoms with van der Waals surface area (Å²) in [4.78, 5) is 22.8. The molecule has 0 fully saturated rings. The normalized spacial score (nSPS) is 13.4.